The number of aromatic nitrogens is 3. The van der Waals surface area contributed by atoms with Gasteiger partial charge in [0, 0.05) is 9.37 Å². The number of H-pyrrole nitrogens is 1. The quantitative estimate of drug-likeness (QED) is 0.914. The monoisotopic (exact) mass is 299 g/mol. The van der Waals surface area contributed by atoms with E-state index in [2.05, 4.69) is 31.1 Å². The van der Waals surface area contributed by atoms with Crippen LogP contribution in [0.5, 0.6) is 0 Å². The third-order valence-corrected chi connectivity index (χ3v) is 3.82. The molecular weight excluding hydrogens is 290 g/mol. The predicted molar refractivity (Wildman–Crippen MR) is 65.3 cm³/mol. The van der Waals surface area contributed by atoms with Crippen molar-refractivity contribution < 1.29 is 5.11 Å². The summed E-state index contributed by atoms with van der Waals surface area (Å²) in [5.74, 6) is 0.797. The molecule has 1 aromatic heterocycles. The van der Waals surface area contributed by atoms with Crippen LogP contribution in [0.4, 0.5) is 0 Å². The molecule has 0 bridgehead atoms. The minimum absolute atomic E-state index is 0.0449. The first-order valence-corrected chi connectivity index (χ1v) is 6.26. The smallest absolute Gasteiger partial charge is 0.213 e. The van der Waals surface area contributed by atoms with Crippen LogP contribution in [-0.2, 0) is 6.61 Å². The standard InChI is InChI=1S/C10H10BrN3OS/c1-6-12-10(14-13-6)16-9-3-2-7(5-15)4-8(9)11/h2-4,15H,5H2,1H3,(H,12,13,14). The molecule has 0 amide bonds. The third-order valence-electron chi connectivity index (χ3n) is 1.96. The van der Waals surface area contributed by atoms with Crippen molar-refractivity contribution in [2.45, 2.75) is 23.6 Å². The second-order valence-electron chi connectivity index (χ2n) is 3.23. The van der Waals surface area contributed by atoms with E-state index < -0.39 is 0 Å². The molecule has 84 valence electrons. The van der Waals surface area contributed by atoms with Crippen LogP contribution in [0.15, 0.2) is 32.7 Å². The van der Waals surface area contributed by atoms with Crippen LogP contribution in [0.3, 0.4) is 0 Å². The fourth-order valence-corrected chi connectivity index (χ4v) is 2.62. The van der Waals surface area contributed by atoms with E-state index in [1.807, 2.05) is 25.1 Å². The molecule has 2 N–H and O–H groups in total. The Labute approximate surface area is 106 Å². The molecule has 0 unspecified atom stereocenters. The summed E-state index contributed by atoms with van der Waals surface area (Å²) in [6.07, 6.45) is 0. The predicted octanol–water partition coefficient (Wildman–Crippen LogP) is 2.52. The molecule has 1 heterocycles. The zero-order chi connectivity index (χ0) is 11.5. The molecule has 6 heteroatoms. The van der Waals surface area contributed by atoms with Gasteiger partial charge in [0.2, 0.25) is 5.16 Å². The summed E-state index contributed by atoms with van der Waals surface area (Å²) in [6.45, 7) is 1.91. The van der Waals surface area contributed by atoms with Gasteiger partial charge in [0.25, 0.3) is 0 Å². The number of hydrogen-bond donors (Lipinski definition) is 2. The average Bonchev–Trinajstić information content (AvgIpc) is 2.67. The maximum atomic E-state index is 8.99. The van der Waals surface area contributed by atoms with E-state index in [9.17, 15) is 0 Å². The molecule has 1 aromatic carbocycles. The van der Waals surface area contributed by atoms with Gasteiger partial charge in [-0.3, -0.25) is 5.10 Å². The van der Waals surface area contributed by atoms with Gasteiger partial charge in [0.15, 0.2) is 0 Å². The number of aliphatic hydroxyl groups excluding tert-OH is 1. The number of aryl methyl sites for hydroxylation is 1. The Balaban J connectivity index is 2.21. The number of aromatic amines is 1. The second-order valence-corrected chi connectivity index (χ2v) is 5.09. The fourth-order valence-electron chi connectivity index (χ4n) is 1.19. The summed E-state index contributed by atoms with van der Waals surface area (Å²) in [5, 5.41) is 16.5. The van der Waals surface area contributed by atoms with Crippen molar-refractivity contribution >= 4 is 27.7 Å². The Bertz CT molecular complexity index is 501. The van der Waals surface area contributed by atoms with Gasteiger partial charge in [-0.1, -0.05) is 6.07 Å². The van der Waals surface area contributed by atoms with Gasteiger partial charge >= 0.3 is 0 Å². The summed E-state index contributed by atoms with van der Waals surface area (Å²) in [7, 11) is 0. The molecule has 0 aliphatic heterocycles. The average molecular weight is 300 g/mol. The Morgan fingerprint density at radius 2 is 2.31 bits per heavy atom. The van der Waals surface area contributed by atoms with E-state index in [0.29, 0.717) is 5.16 Å². The van der Waals surface area contributed by atoms with Crippen molar-refractivity contribution in [1.29, 1.82) is 0 Å². The zero-order valence-corrected chi connectivity index (χ0v) is 11.0. The van der Waals surface area contributed by atoms with Crippen molar-refractivity contribution in [1.82, 2.24) is 15.2 Å². The highest BCUT2D eigenvalue weighted by Crippen LogP contribution is 2.32. The van der Waals surface area contributed by atoms with Crippen LogP contribution in [0, 0.1) is 6.92 Å². The number of nitrogens with zero attached hydrogens (tertiary/aromatic N) is 2. The van der Waals surface area contributed by atoms with Crippen molar-refractivity contribution in [2.75, 3.05) is 0 Å². The summed E-state index contributed by atoms with van der Waals surface area (Å²) in [5.41, 5.74) is 0.877. The third kappa shape index (κ3) is 2.63. The van der Waals surface area contributed by atoms with Crippen LogP contribution >= 0.6 is 27.7 Å². The van der Waals surface area contributed by atoms with E-state index >= 15 is 0 Å². The lowest BCUT2D eigenvalue weighted by atomic mass is 10.2. The number of benzene rings is 1. The van der Waals surface area contributed by atoms with Crippen LogP contribution in [0.25, 0.3) is 0 Å². The summed E-state index contributed by atoms with van der Waals surface area (Å²) >= 11 is 4.93. The van der Waals surface area contributed by atoms with E-state index in [0.717, 1.165) is 20.8 Å². The Kier molecular flexibility index (Phi) is 3.63. The molecule has 0 saturated carbocycles. The van der Waals surface area contributed by atoms with E-state index in [4.69, 9.17) is 5.11 Å². The van der Waals surface area contributed by atoms with Gasteiger partial charge < -0.3 is 5.11 Å². The maximum absolute atomic E-state index is 8.99. The Morgan fingerprint density at radius 1 is 1.50 bits per heavy atom. The molecule has 16 heavy (non-hydrogen) atoms. The molecule has 0 spiro atoms. The summed E-state index contributed by atoms with van der Waals surface area (Å²) < 4.78 is 0.937. The number of nitrogens with one attached hydrogen (secondary N) is 1. The van der Waals surface area contributed by atoms with E-state index in [1.54, 1.807) is 0 Å². The van der Waals surface area contributed by atoms with Crippen molar-refractivity contribution in [3.05, 3.63) is 34.1 Å². The molecule has 0 radical (unpaired) electrons. The normalized spacial score (nSPS) is 10.7. The fraction of sp³-hybridized carbons (Fsp3) is 0.200. The van der Waals surface area contributed by atoms with E-state index in [-0.39, 0.29) is 6.61 Å². The molecule has 0 aliphatic carbocycles. The lowest BCUT2D eigenvalue weighted by Gasteiger charge is -2.03. The molecule has 0 aliphatic rings. The first-order valence-electron chi connectivity index (χ1n) is 4.65. The van der Waals surface area contributed by atoms with Crippen molar-refractivity contribution in [3.63, 3.8) is 0 Å². The molecule has 0 saturated heterocycles. The van der Waals surface area contributed by atoms with Crippen LogP contribution in [-0.4, -0.2) is 20.3 Å². The second kappa shape index (κ2) is 4.99. The highest BCUT2D eigenvalue weighted by atomic mass is 79.9. The first kappa shape index (κ1) is 11.6. The summed E-state index contributed by atoms with van der Waals surface area (Å²) in [6, 6.07) is 5.71. The summed E-state index contributed by atoms with van der Waals surface area (Å²) in [4.78, 5) is 5.24. The largest absolute Gasteiger partial charge is 0.392 e. The lowest BCUT2D eigenvalue weighted by Crippen LogP contribution is -1.84. The van der Waals surface area contributed by atoms with E-state index in [1.165, 1.54) is 11.8 Å². The van der Waals surface area contributed by atoms with Crippen LogP contribution in [0.1, 0.15) is 11.4 Å². The van der Waals surface area contributed by atoms with Gasteiger partial charge in [-0.15, -0.1) is 5.10 Å². The highest BCUT2D eigenvalue weighted by Gasteiger charge is 2.06. The molecular formula is C10H10BrN3OS. The van der Waals surface area contributed by atoms with Gasteiger partial charge in [-0.2, -0.15) is 0 Å². The number of rotatable bonds is 3. The maximum Gasteiger partial charge on any atom is 0.213 e. The molecule has 2 rings (SSSR count). The molecule has 4 nitrogen and oxygen atoms in total. The van der Waals surface area contributed by atoms with Crippen molar-refractivity contribution in [3.8, 4) is 0 Å². The van der Waals surface area contributed by atoms with Crippen molar-refractivity contribution in [2.24, 2.45) is 0 Å². The number of hydrogen-bond acceptors (Lipinski definition) is 4. The Morgan fingerprint density at radius 3 is 2.88 bits per heavy atom. The van der Waals surface area contributed by atoms with Crippen LogP contribution in [0.2, 0.25) is 0 Å². The first-order chi connectivity index (χ1) is 7.69. The minimum atomic E-state index is 0.0449. The van der Waals surface area contributed by atoms with Gasteiger partial charge in [0.05, 0.1) is 6.61 Å². The lowest BCUT2D eigenvalue weighted by molar-refractivity contribution is 0.281. The van der Waals surface area contributed by atoms with Gasteiger partial charge in [-0.25, -0.2) is 4.98 Å². The number of halogens is 1. The topological polar surface area (TPSA) is 61.8 Å². The SMILES string of the molecule is Cc1nc(Sc2ccc(CO)cc2Br)n[nH]1. The molecule has 0 fully saturated rings. The number of aliphatic hydroxyl groups is 1. The zero-order valence-electron chi connectivity index (χ0n) is 8.57. The molecule has 2 aromatic rings. The van der Waals surface area contributed by atoms with Gasteiger partial charge in [-0.05, 0) is 52.3 Å². The highest BCUT2D eigenvalue weighted by molar-refractivity contribution is 9.10. The molecule has 0 atom stereocenters. The van der Waals surface area contributed by atoms with Gasteiger partial charge in [0.1, 0.15) is 5.82 Å². The minimum Gasteiger partial charge on any atom is -0.392 e. The van der Waals surface area contributed by atoms with Crippen LogP contribution < -0.4 is 0 Å². The Hall–Kier alpha value is -0.850.